The first-order chi connectivity index (χ1) is 8.24. The van der Waals surface area contributed by atoms with E-state index in [1.54, 1.807) is 6.92 Å². The second kappa shape index (κ2) is 5.99. The van der Waals surface area contributed by atoms with Crippen molar-refractivity contribution >= 4 is 5.91 Å². The van der Waals surface area contributed by atoms with Crippen LogP contribution < -0.4 is 11.5 Å². The molecule has 1 aliphatic rings. The first kappa shape index (κ1) is 15.4. The Morgan fingerprint density at radius 2 is 2.22 bits per heavy atom. The van der Waals surface area contributed by atoms with Crippen LogP contribution in [0.2, 0.25) is 0 Å². The molecule has 0 aliphatic carbocycles. The average Bonchev–Trinajstić information content (AvgIpc) is 2.27. The lowest BCUT2D eigenvalue weighted by atomic mass is 9.92. The summed E-state index contributed by atoms with van der Waals surface area (Å²) in [6.07, 6.45) is 3.04. The summed E-state index contributed by atoms with van der Waals surface area (Å²) in [4.78, 5) is 16.0. The maximum absolute atomic E-state index is 11.3. The zero-order valence-corrected chi connectivity index (χ0v) is 12.1. The third kappa shape index (κ3) is 3.93. The molecule has 106 valence electrons. The number of amides is 1. The highest BCUT2D eigenvalue weighted by Crippen LogP contribution is 2.19. The Morgan fingerprint density at radius 3 is 2.72 bits per heavy atom. The Morgan fingerprint density at radius 1 is 1.61 bits per heavy atom. The lowest BCUT2D eigenvalue weighted by Crippen LogP contribution is -2.55. The van der Waals surface area contributed by atoms with E-state index < -0.39 is 11.4 Å². The van der Waals surface area contributed by atoms with E-state index in [-0.39, 0.29) is 6.04 Å². The van der Waals surface area contributed by atoms with E-state index in [0.717, 1.165) is 6.54 Å². The fraction of sp³-hybridized carbons (Fsp3) is 0.923. The fourth-order valence-electron chi connectivity index (χ4n) is 2.69. The van der Waals surface area contributed by atoms with Crippen LogP contribution in [0, 0.1) is 0 Å². The van der Waals surface area contributed by atoms with Crippen molar-refractivity contribution in [2.24, 2.45) is 11.5 Å². The van der Waals surface area contributed by atoms with E-state index in [0.29, 0.717) is 12.5 Å². The second-order valence-corrected chi connectivity index (χ2v) is 6.06. The van der Waals surface area contributed by atoms with E-state index in [2.05, 4.69) is 30.8 Å². The molecule has 1 heterocycles. The summed E-state index contributed by atoms with van der Waals surface area (Å²) in [5.74, 6) is -0.427. The van der Waals surface area contributed by atoms with E-state index in [1.807, 2.05) is 0 Å². The van der Waals surface area contributed by atoms with Crippen LogP contribution in [0.25, 0.3) is 0 Å². The normalized spacial score (nSPS) is 26.9. The van der Waals surface area contributed by atoms with Gasteiger partial charge in [-0.1, -0.05) is 0 Å². The minimum atomic E-state index is -0.922. The van der Waals surface area contributed by atoms with Gasteiger partial charge in [0.2, 0.25) is 5.91 Å². The average molecular weight is 256 g/mol. The molecule has 1 fully saturated rings. The van der Waals surface area contributed by atoms with E-state index >= 15 is 0 Å². The minimum absolute atomic E-state index is 0.254. The van der Waals surface area contributed by atoms with Gasteiger partial charge < -0.3 is 16.4 Å². The van der Waals surface area contributed by atoms with Gasteiger partial charge in [-0.15, -0.1) is 0 Å². The molecule has 0 aromatic carbocycles. The lowest BCUT2D eigenvalue weighted by molar-refractivity contribution is -0.123. The summed E-state index contributed by atoms with van der Waals surface area (Å²) < 4.78 is 0. The third-order valence-corrected chi connectivity index (χ3v) is 4.15. The largest absolute Gasteiger partial charge is 0.368 e. The zero-order valence-electron chi connectivity index (χ0n) is 12.1. The van der Waals surface area contributed by atoms with Gasteiger partial charge in [0.25, 0.3) is 0 Å². The van der Waals surface area contributed by atoms with Crippen LogP contribution in [0.5, 0.6) is 0 Å². The number of likely N-dealkylation sites (tertiary alicyclic amines) is 1. The molecule has 0 radical (unpaired) electrons. The monoisotopic (exact) mass is 256 g/mol. The number of nitrogens with two attached hydrogens (primary N) is 2. The van der Waals surface area contributed by atoms with Crippen LogP contribution in [0.15, 0.2) is 0 Å². The van der Waals surface area contributed by atoms with Crippen LogP contribution in [0.3, 0.4) is 0 Å². The standard InChI is InChI=1S/C13H28N4O/c1-10(8-13(2,15)12(14)18)17(4)11-6-5-7-16(3)9-11/h10-11H,5-9,15H2,1-4H3,(H2,14,18). The Labute approximate surface area is 110 Å². The van der Waals surface area contributed by atoms with Gasteiger partial charge >= 0.3 is 0 Å². The topological polar surface area (TPSA) is 75.6 Å². The number of likely N-dealkylation sites (N-methyl/N-ethyl adjacent to an activating group) is 2. The molecular weight excluding hydrogens is 228 g/mol. The Hall–Kier alpha value is -0.650. The molecule has 3 atom stereocenters. The van der Waals surface area contributed by atoms with Crippen molar-refractivity contribution in [3.05, 3.63) is 0 Å². The Bertz CT molecular complexity index is 293. The number of carbonyl (C=O) groups excluding carboxylic acids is 1. The molecule has 0 saturated carbocycles. The fourth-order valence-corrected chi connectivity index (χ4v) is 2.69. The third-order valence-electron chi connectivity index (χ3n) is 4.15. The molecule has 0 aromatic rings. The summed E-state index contributed by atoms with van der Waals surface area (Å²) in [5, 5.41) is 0. The van der Waals surface area contributed by atoms with Gasteiger partial charge in [-0.25, -0.2) is 0 Å². The van der Waals surface area contributed by atoms with Crippen molar-refractivity contribution in [2.45, 2.75) is 50.7 Å². The predicted octanol–water partition coefficient (Wildman–Crippen LogP) is -0.00630. The highest BCUT2D eigenvalue weighted by molar-refractivity contribution is 5.83. The summed E-state index contributed by atoms with van der Waals surface area (Å²) >= 11 is 0. The lowest BCUT2D eigenvalue weighted by Gasteiger charge is -2.40. The van der Waals surface area contributed by atoms with Crippen molar-refractivity contribution in [1.82, 2.24) is 9.80 Å². The summed E-state index contributed by atoms with van der Waals surface area (Å²) in [7, 11) is 4.27. The van der Waals surface area contributed by atoms with Gasteiger partial charge in [0.05, 0.1) is 5.54 Å². The Balaban J connectivity index is 2.55. The van der Waals surface area contributed by atoms with Crippen molar-refractivity contribution in [3.63, 3.8) is 0 Å². The number of rotatable bonds is 5. The van der Waals surface area contributed by atoms with Gasteiger partial charge in [-0.3, -0.25) is 9.69 Å². The van der Waals surface area contributed by atoms with Crippen LogP contribution >= 0.6 is 0 Å². The van der Waals surface area contributed by atoms with Gasteiger partial charge in [0, 0.05) is 18.6 Å². The molecule has 1 rings (SSSR count). The van der Waals surface area contributed by atoms with Crippen LogP contribution in [0.4, 0.5) is 0 Å². The predicted molar refractivity (Wildman–Crippen MR) is 74.1 cm³/mol. The molecule has 1 aliphatic heterocycles. The van der Waals surface area contributed by atoms with Crippen molar-refractivity contribution in [3.8, 4) is 0 Å². The van der Waals surface area contributed by atoms with Gasteiger partial charge in [-0.05, 0) is 53.8 Å². The quantitative estimate of drug-likeness (QED) is 0.725. The number of hydrogen-bond acceptors (Lipinski definition) is 4. The van der Waals surface area contributed by atoms with E-state index in [4.69, 9.17) is 11.5 Å². The number of carbonyl (C=O) groups is 1. The maximum Gasteiger partial charge on any atom is 0.237 e. The molecule has 0 spiro atoms. The maximum atomic E-state index is 11.3. The summed E-state index contributed by atoms with van der Waals surface area (Å²) in [6.45, 7) is 6.09. The first-order valence-electron chi connectivity index (χ1n) is 6.73. The van der Waals surface area contributed by atoms with Crippen LogP contribution in [-0.2, 0) is 4.79 Å². The second-order valence-electron chi connectivity index (χ2n) is 6.06. The SMILES string of the molecule is CC(CC(C)(N)C(N)=O)N(C)C1CCCN(C)C1. The number of nitrogens with zero attached hydrogens (tertiary/aromatic N) is 2. The first-order valence-corrected chi connectivity index (χ1v) is 6.73. The molecule has 5 nitrogen and oxygen atoms in total. The smallest absolute Gasteiger partial charge is 0.237 e. The molecule has 5 heteroatoms. The molecule has 0 bridgehead atoms. The molecule has 18 heavy (non-hydrogen) atoms. The molecule has 3 unspecified atom stereocenters. The summed E-state index contributed by atoms with van der Waals surface area (Å²) in [5.41, 5.74) is 10.3. The van der Waals surface area contributed by atoms with Crippen molar-refractivity contribution < 1.29 is 4.79 Å². The molecule has 0 aromatic heterocycles. The summed E-state index contributed by atoms with van der Waals surface area (Å²) in [6, 6.07) is 0.798. The molecule has 1 saturated heterocycles. The van der Waals surface area contributed by atoms with Crippen molar-refractivity contribution in [1.29, 1.82) is 0 Å². The minimum Gasteiger partial charge on any atom is -0.368 e. The number of piperidine rings is 1. The van der Waals surface area contributed by atoms with E-state index in [9.17, 15) is 4.79 Å². The van der Waals surface area contributed by atoms with Crippen molar-refractivity contribution in [2.75, 3.05) is 27.2 Å². The van der Waals surface area contributed by atoms with E-state index in [1.165, 1.54) is 19.4 Å². The number of hydrogen-bond donors (Lipinski definition) is 2. The van der Waals surface area contributed by atoms with Gasteiger partial charge in [0.15, 0.2) is 0 Å². The van der Waals surface area contributed by atoms with Gasteiger partial charge in [-0.2, -0.15) is 0 Å². The Kier molecular flexibility index (Phi) is 5.13. The highest BCUT2D eigenvalue weighted by atomic mass is 16.1. The molecular formula is C13H28N4O. The van der Waals surface area contributed by atoms with Crippen LogP contribution in [0.1, 0.15) is 33.1 Å². The van der Waals surface area contributed by atoms with Crippen LogP contribution in [-0.4, -0.2) is 60.5 Å². The molecule has 1 amide bonds. The number of primary amides is 1. The zero-order chi connectivity index (χ0) is 13.9. The van der Waals surface area contributed by atoms with Gasteiger partial charge in [0.1, 0.15) is 0 Å². The highest BCUT2D eigenvalue weighted by Gasteiger charge is 2.32. The molecule has 4 N–H and O–H groups in total.